The molecule has 2 heterocycles. The van der Waals surface area contributed by atoms with Gasteiger partial charge in [0.25, 0.3) is 5.91 Å². The SMILES string of the molecule is COCc1nc2n(n1)C[C@@H](NC(=O)c1cc(C)c(OC)c(C)c1)CC2. The van der Waals surface area contributed by atoms with E-state index in [1.165, 1.54) is 0 Å². The monoisotopic (exact) mass is 344 g/mol. The lowest BCUT2D eigenvalue weighted by molar-refractivity contribution is 0.0926. The van der Waals surface area contributed by atoms with Gasteiger partial charge in [-0.05, 0) is 43.5 Å². The number of carbonyl (C=O) groups excluding carboxylic acids is 1. The lowest BCUT2D eigenvalue weighted by Crippen LogP contribution is -2.41. The van der Waals surface area contributed by atoms with Gasteiger partial charge in [0.2, 0.25) is 0 Å². The van der Waals surface area contributed by atoms with Crippen molar-refractivity contribution in [1.29, 1.82) is 0 Å². The van der Waals surface area contributed by atoms with Gasteiger partial charge in [0, 0.05) is 25.1 Å². The lowest BCUT2D eigenvalue weighted by Gasteiger charge is -2.23. The van der Waals surface area contributed by atoms with Crippen molar-refractivity contribution in [2.75, 3.05) is 14.2 Å². The summed E-state index contributed by atoms with van der Waals surface area (Å²) < 4.78 is 12.3. The van der Waals surface area contributed by atoms with E-state index in [0.717, 1.165) is 35.5 Å². The third-order valence-corrected chi connectivity index (χ3v) is 4.44. The van der Waals surface area contributed by atoms with Crippen LogP contribution in [0.1, 0.15) is 39.6 Å². The number of methoxy groups -OCH3 is 2. The minimum atomic E-state index is -0.0699. The van der Waals surface area contributed by atoms with E-state index in [-0.39, 0.29) is 11.9 Å². The molecule has 0 fully saturated rings. The van der Waals surface area contributed by atoms with Crippen LogP contribution in [0, 0.1) is 13.8 Å². The Morgan fingerprint density at radius 2 is 2.04 bits per heavy atom. The quantitative estimate of drug-likeness (QED) is 0.895. The second kappa shape index (κ2) is 7.23. The molecule has 1 aliphatic heterocycles. The number of ether oxygens (including phenoxy) is 2. The highest BCUT2D eigenvalue weighted by atomic mass is 16.5. The van der Waals surface area contributed by atoms with Crippen LogP contribution in [-0.2, 0) is 24.3 Å². The minimum Gasteiger partial charge on any atom is -0.496 e. The number of fused-ring (bicyclic) bond motifs is 1. The van der Waals surface area contributed by atoms with Crippen LogP contribution in [-0.4, -0.2) is 40.9 Å². The Labute approximate surface area is 147 Å². The van der Waals surface area contributed by atoms with Crippen molar-refractivity contribution in [2.24, 2.45) is 0 Å². The third-order valence-electron chi connectivity index (χ3n) is 4.44. The molecule has 0 bridgehead atoms. The van der Waals surface area contributed by atoms with Gasteiger partial charge in [0.1, 0.15) is 18.2 Å². The average molecular weight is 344 g/mol. The van der Waals surface area contributed by atoms with Gasteiger partial charge in [-0.15, -0.1) is 0 Å². The number of aryl methyl sites for hydroxylation is 3. The lowest BCUT2D eigenvalue weighted by atomic mass is 10.0. The molecule has 1 aromatic heterocycles. The first-order valence-electron chi connectivity index (χ1n) is 8.39. The van der Waals surface area contributed by atoms with Crippen molar-refractivity contribution in [3.05, 3.63) is 40.5 Å². The average Bonchev–Trinajstić information content (AvgIpc) is 2.96. The van der Waals surface area contributed by atoms with Gasteiger partial charge in [-0.1, -0.05) is 0 Å². The summed E-state index contributed by atoms with van der Waals surface area (Å²) in [5.41, 5.74) is 2.57. The normalized spacial score (nSPS) is 16.4. The highest BCUT2D eigenvalue weighted by Crippen LogP contribution is 2.24. The Hall–Kier alpha value is -2.41. The molecule has 3 rings (SSSR count). The zero-order chi connectivity index (χ0) is 18.0. The largest absolute Gasteiger partial charge is 0.496 e. The summed E-state index contributed by atoms with van der Waals surface area (Å²) in [6.45, 7) is 4.93. The molecule has 0 aliphatic carbocycles. The fourth-order valence-corrected chi connectivity index (χ4v) is 3.34. The van der Waals surface area contributed by atoms with E-state index in [9.17, 15) is 4.79 Å². The van der Waals surface area contributed by atoms with Crippen LogP contribution in [0.25, 0.3) is 0 Å². The Morgan fingerprint density at radius 3 is 2.68 bits per heavy atom. The molecule has 134 valence electrons. The van der Waals surface area contributed by atoms with Crippen LogP contribution in [0.15, 0.2) is 12.1 Å². The standard InChI is InChI=1S/C18H24N4O3/c1-11-7-13(8-12(2)17(11)25-4)18(23)19-14-5-6-16-20-15(10-24-3)21-22(16)9-14/h7-8,14H,5-6,9-10H2,1-4H3,(H,19,23)/t14-/m0/s1. The van der Waals surface area contributed by atoms with Crippen molar-refractivity contribution >= 4 is 5.91 Å². The maximum atomic E-state index is 12.6. The maximum absolute atomic E-state index is 12.6. The van der Waals surface area contributed by atoms with E-state index >= 15 is 0 Å². The van der Waals surface area contributed by atoms with E-state index in [2.05, 4.69) is 15.4 Å². The summed E-state index contributed by atoms with van der Waals surface area (Å²) in [7, 11) is 3.27. The fourth-order valence-electron chi connectivity index (χ4n) is 3.34. The maximum Gasteiger partial charge on any atom is 0.251 e. The highest BCUT2D eigenvalue weighted by molar-refractivity contribution is 5.95. The van der Waals surface area contributed by atoms with Gasteiger partial charge in [0.15, 0.2) is 5.82 Å². The molecule has 0 spiro atoms. The fraction of sp³-hybridized carbons (Fsp3) is 0.500. The predicted molar refractivity (Wildman–Crippen MR) is 92.8 cm³/mol. The van der Waals surface area contributed by atoms with Crippen molar-refractivity contribution in [3.63, 3.8) is 0 Å². The summed E-state index contributed by atoms with van der Waals surface area (Å²) in [5, 5.41) is 7.54. The molecule has 1 atom stereocenters. The summed E-state index contributed by atoms with van der Waals surface area (Å²) in [5.74, 6) is 2.39. The number of hydrogen-bond donors (Lipinski definition) is 1. The molecular formula is C18H24N4O3. The van der Waals surface area contributed by atoms with Crippen LogP contribution in [0.5, 0.6) is 5.75 Å². The Morgan fingerprint density at radius 1 is 1.32 bits per heavy atom. The van der Waals surface area contributed by atoms with E-state index < -0.39 is 0 Å². The number of benzene rings is 1. The van der Waals surface area contributed by atoms with E-state index in [1.807, 2.05) is 30.7 Å². The van der Waals surface area contributed by atoms with Gasteiger partial charge in [0.05, 0.1) is 13.7 Å². The van der Waals surface area contributed by atoms with Crippen molar-refractivity contribution in [1.82, 2.24) is 20.1 Å². The topological polar surface area (TPSA) is 78.3 Å². The first-order valence-corrected chi connectivity index (χ1v) is 8.39. The van der Waals surface area contributed by atoms with Crippen LogP contribution in [0.2, 0.25) is 0 Å². The van der Waals surface area contributed by atoms with Crippen molar-refractivity contribution in [3.8, 4) is 5.75 Å². The first-order chi connectivity index (χ1) is 12.0. The molecule has 25 heavy (non-hydrogen) atoms. The number of nitrogens with one attached hydrogen (secondary N) is 1. The first kappa shape index (κ1) is 17.4. The van der Waals surface area contributed by atoms with E-state index in [0.29, 0.717) is 24.5 Å². The molecular weight excluding hydrogens is 320 g/mol. The molecule has 1 aromatic carbocycles. The zero-order valence-electron chi connectivity index (χ0n) is 15.1. The Bertz CT molecular complexity index is 762. The number of hydrogen-bond acceptors (Lipinski definition) is 5. The molecule has 0 unspecified atom stereocenters. The summed E-state index contributed by atoms with van der Waals surface area (Å²) in [4.78, 5) is 17.1. The molecule has 2 aromatic rings. The number of nitrogens with zero attached hydrogens (tertiary/aromatic N) is 3. The zero-order valence-corrected chi connectivity index (χ0v) is 15.1. The van der Waals surface area contributed by atoms with Gasteiger partial charge >= 0.3 is 0 Å². The number of carbonyl (C=O) groups is 1. The van der Waals surface area contributed by atoms with Crippen molar-refractivity contribution < 1.29 is 14.3 Å². The molecule has 0 saturated carbocycles. The predicted octanol–water partition coefficient (Wildman–Crippen LogP) is 1.79. The Balaban J connectivity index is 1.69. The van der Waals surface area contributed by atoms with Crippen LogP contribution < -0.4 is 10.1 Å². The third kappa shape index (κ3) is 3.66. The molecule has 1 N–H and O–H groups in total. The highest BCUT2D eigenvalue weighted by Gasteiger charge is 2.23. The molecule has 1 aliphatic rings. The summed E-state index contributed by atoms with van der Waals surface area (Å²) in [6, 6.07) is 3.77. The van der Waals surface area contributed by atoms with Crippen LogP contribution >= 0.6 is 0 Å². The van der Waals surface area contributed by atoms with Gasteiger partial charge in [-0.2, -0.15) is 5.10 Å². The second-order valence-corrected chi connectivity index (χ2v) is 6.41. The molecule has 7 heteroatoms. The van der Waals surface area contributed by atoms with Gasteiger partial charge in [-0.3, -0.25) is 4.79 Å². The second-order valence-electron chi connectivity index (χ2n) is 6.41. The number of amides is 1. The van der Waals surface area contributed by atoms with Crippen LogP contribution in [0.4, 0.5) is 0 Å². The molecule has 0 saturated heterocycles. The van der Waals surface area contributed by atoms with Gasteiger partial charge in [-0.25, -0.2) is 9.67 Å². The van der Waals surface area contributed by atoms with E-state index in [1.54, 1.807) is 14.2 Å². The minimum absolute atomic E-state index is 0.0415. The van der Waals surface area contributed by atoms with Crippen molar-refractivity contribution in [2.45, 2.75) is 45.9 Å². The number of aromatic nitrogens is 3. The summed E-state index contributed by atoms with van der Waals surface area (Å²) in [6.07, 6.45) is 1.65. The van der Waals surface area contributed by atoms with E-state index in [4.69, 9.17) is 9.47 Å². The van der Waals surface area contributed by atoms with Gasteiger partial charge < -0.3 is 14.8 Å². The number of rotatable bonds is 5. The summed E-state index contributed by atoms with van der Waals surface area (Å²) >= 11 is 0. The van der Waals surface area contributed by atoms with Crippen LogP contribution in [0.3, 0.4) is 0 Å². The Kier molecular flexibility index (Phi) is 5.03. The smallest absolute Gasteiger partial charge is 0.251 e. The molecule has 0 radical (unpaired) electrons. The molecule has 7 nitrogen and oxygen atoms in total. The molecule has 1 amide bonds.